The van der Waals surface area contributed by atoms with Crippen LogP contribution in [-0.4, -0.2) is 36.3 Å². The lowest BCUT2D eigenvalue weighted by molar-refractivity contribution is -0.131. The van der Waals surface area contributed by atoms with Gasteiger partial charge < -0.3 is 10.2 Å². The first-order valence-electron chi connectivity index (χ1n) is 7.40. The fourth-order valence-electron chi connectivity index (χ4n) is 2.50. The summed E-state index contributed by atoms with van der Waals surface area (Å²) in [5.74, 6) is 0.0449. The molecule has 0 aromatic heterocycles. The quantitative estimate of drug-likeness (QED) is 0.791. The molecule has 2 rings (SSSR count). The van der Waals surface area contributed by atoms with E-state index >= 15 is 0 Å². The fourth-order valence-corrected chi connectivity index (χ4v) is 3.11. The Morgan fingerprint density at radius 1 is 1.24 bits per heavy atom. The molecule has 1 heterocycles. The van der Waals surface area contributed by atoms with Crippen LogP contribution in [0.2, 0.25) is 0 Å². The molecule has 5 heteroatoms. The lowest BCUT2D eigenvalue weighted by atomic mass is 10.1. The summed E-state index contributed by atoms with van der Waals surface area (Å²) in [5.41, 5.74) is 1.77. The van der Waals surface area contributed by atoms with Gasteiger partial charge >= 0.3 is 0 Å². The summed E-state index contributed by atoms with van der Waals surface area (Å²) in [6.45, 7) is 4.11. The molecule has 1 fully saturated rings. The Balaban J connectivity index is 1.81. The monoisotopic (exact) mass is 400 g/mol. The number of nitrogens with zero attached hydrogens (tertiary/aromatic N) is 1. The van der Waals surface area contributed by atoms with Gasteiger partial charge in [-0.3, -0.25) is 9.59 Å². The molecule has 0 bridgehead atoms. The van der Waals surface area contributed by atoms with Gasteiger partial charge in [-0.1, -0.05) is 12.1 Å². The molecule has 1 aromatic carbocycles. The molecule has 1 aliphatic rings. The van der Waals surface area contributed by atoms with Crippen molar-refractivity contribution in [1.29, 1.82) is 0 Å². The maximum absolute atomic E-state index is 12.1. The Morgan fingerprint density at radius 2 is 1.95 bits per heavy atom. The summed E-state index contributed by atoms with van der Waals surface area (Å²) in [5, 5.41) is 2.85. The van der Waals surface area contributed by atoms with Gasteiger partial charge in [-0.05, 0) is 60.4 Å². The zero-order valence-corrected chi connectivity index (χ0v) is 14.5. The van der Waals surface area contributed by atoms with Crippen LogP contribution >= 0.6 is 22.6 Å². The van der Waals surface area contributed by atoms with E-state index in [1.54, 1.807) is 0 Å². The van der Waals surface area contributed by atoms with E-state index in [1.165, 1.54) is 6.42 Å². The molecule has 0 saturated carbocycles. The molecule has 114 valence electrons. The van der Waals surface area contributed by atoms with Crippen LogP contribution in [-0.2, 0) is 4.79 Å². The molecule has 0 spiro atoms. The molecule has 21 heavy (non-hydrogen) atoms. The summed E-state index contributed by atoms with van der Waals surface area (Å²) in [4.78, 5) is 26.1. The van der Waals surface area contributed by atoms with Crippen molar-refractivity contribution in [2.45, 2.75) is 32.6 Å². The van der Waals surface area contributed by atoms with Gasteiger partial charge in [-0.2, -0.15) is 0 Å². The van der Waals surface area contributed by atoms with Gasteiger partial charge in [0.05, 0.1) is 5.56 Å². The molecule has 1 N–H and O–H groups in total. The van der Waals surface area contributed by atoms with E-state index in [9.17, 15) is 9.59 Å². The summed E-state index contributed by atoms with van der Waals surface area (Å²) >= 11 is 2.18. The number of hydrogen-bond donors (Lipinski definition) is 1. The number of nitrogens with one attached hydrogen (secondary N) is 1. The van der Waals surface area contributed by atoms with Crippen LogP contribution in [0.5, 0.6) is 0 Å². The number of halogens is 1. The minimum atomic E-state index is -0.102. The largest absolute Gasteiger partial charge is 0.351 e. The second kappa shape index (κ2) is 7.77. The first kappa shape index (κ1) is 16.3. The zero-order chi connectivity index (χ0) is 15.2. The number of amides is 2. The molecule has 1 aromatic rings. The number of benzene rings is 1. The van der Waals surface area contributed by atoms with Crippen LogP contribution in [0.15, 0.2) is 18.2 Å². The second-order valence-electron chi connectivity index (χ2n) is 5.38. The van der Waals surface area contributed by atoms with Crippen molar-refractivity contribution >= 4 is 34.4 Å². The maximum Gasteiger partial charge on any atom is 0.252 e. The van der Waals surface area contributed by atoms with Crippen molar-refractivity contribution in [3.05, 3.63) is 32.9 Å². The lowest BCUT2D eigenvalue weighted by Gasteiger charge is -2.26. The molecule has 4 nitrogen and oxygen atoms in total. The minimum Gasteiger partial charge on any atom is -0.351 e. The summed E-state index contributed by atoms with van der Waals surface area (Å²) < 4.78 is 0.968. The van der Waals surface area contributed by atoms with Crippen LogP contribution in [0.4, 0.5) is 0 Å². The van der Waals surface area contributed by atoms with Gasteiger partial charge in [0.25, 0.3) is 5.91 Å². The Morgan fingerprint density at radius 3 is 2.67 bits per heavy atom. The van der Waals surface area contributed by atoms with Crippen molar-refractivity contribution in [3.8, 4) is 0 Å². The average molecular weight is 400 g/mol. The van der Waals surface area contributed by atoms with E-state index < -0.39 is 0 Å². The van der Waals surface area contributed by atoms with Gasteiger partial charge in [0, 0.05) is 29.6 Å². The number of aryl methyl sites for hydroxylation is 1. The van der Waals surface area contributed by atoms with Crippen LogP contribution in [0.25, 0.3) is 0 Å². The third-order valence-corrected chi connectivity index (χ3v) is 5.20. The molecule has 0 radical (unpaired) electrons. The molecule has 1 saturated heterocycles. The first-order valence-corrected chi connectivity index (χ1v) is 8.48. The molecule has 0 unspecified atom stereocenters. The lowest BCUT2D eigenvalue weighted by Crippen LogP contribution is -2.37. The van der Waals surface area contributed by atoms with Crippen LogP contribution in [0, 0.1) is 10.5 Å². The molecular weight excluding hydrogens is 379 g/mol. The van der Waals surface area contributed by atoms with Gasteiger partial charge in [0.1, 0.15) is 0 Å². The fraction of sp³-hybridized carbons (Fsp3) is 0.500. The standard InChI is InChI=1S/C16H21IN2O2/c1-12-6-5-7-13(15(12)17)16(21)18-9-8-14(20)19-10-3-2-4-11-19/h5-7H,2-4,8-11H2,1H3,(H,18,21). The summed E-state index contributed by atoms with van der Waals surface area (Å²) in [6, 6.07) is 5.68. The van der Waals surface area contributed by atoms with Crippen LogP contribution in [0.1, 0.15) is 41.6 Å². The van der Waals surface area contributed by atoms with E-state index in [0.717, 1.165) is 35.1 Å². The van der Waals surface area contributed by atoms with E-state index in [1.807, 2.05) is 30.0 Å². The zero-order valence-electron chi connectivity index (χ0n) is 12.3. The smallest absolute Gasteiger partial charge is 0.252 e. The Hall–Kier alpha value is -1.11. The minimum absolute atomic E-state index is 0.102. The summed E-state index contributed by atoms with van der Waals surface area (Å²) in [6.07, 6.45) is 3.79. The van der Waals surface area contributed by atoms with E-state index in [-0.39, 0.29) is 11.8 Å². The van der Waals surface area contributed by atoms with Gasteiger partial charge in [0.2, 0.25) is 5.91 Å². The van der Waals surface area contributed by atoms with Gasteiger partial charge in [-0.25, -0.2) is 0 Å². The predicted molar refractivity (Wildman–Crippen MR) is 91.3 cm³/mol. The third kappa shape index (κ3) is 4.43. The summed E-state index contributed by atoms with van der Waals surface area (Å²) in [7, 11) is 0. The highest BCUT2D eigenvalue weighted by Crippen LogP contribution is 2.16. The first-order chi connectivity index (χ1) is 10.1. The van der Waals surface area contributed by atoms with E-state index in [4.69, 9.17) is 0 Å². The average Bonchev–Trinajstić information content (AvgIpc) is 2.50. The normalized spacial score (nSPS) is 14.9. The van der Waals surface area contributed by atoms with Gasteiger partial charge in [0.15, 0.2) is 0 Å². The number of likely N-dealkylation sites (tertiary alicyclic amines) is 1. The number of carbonyl (C=O) groups is 2. The number of rotatable bonds is 4. The Kier molecular flexibility index (Phi) is 6.02. The van der Waals surface area contributed by atoms with E-state index in [0.29, 0.717) is 18.5 Å². The SMILES string of the molecule is Cc1cccc(C(=O)NCCC(=O)N2CCCCC2)c1I. The highest BCUT2D eigenvalue weighted by Gasteiger charge is 2.17. The maximum atomic E-state index is 12.1. The Bertz CT molecular complexity index is 525. The number of hydrogen-bond acceptors (Lipinski definition) is 2. The van der Waals surface area contributed by atoms with Crippen LogP contribution < -0.4 is 5.32 Å². The third-order valence-electron chi connectivity index (χ3n) is 3.77. The topological polar surface area (TPSA) is 49.4 Å². The van der Waals surface area contributed by atoms with Crippen molar-refractivity contribution in [2.24, 2.45) is 0 Å². The highest BCUT2D eigenvalue weighted by molar-refractivity contribution is 14.1. The molecule has 2 amide bonds. The number of piperidine rings is 1. The second-order valence-corrected chi connectivity index (χ2v) is 6.46. The predicted octanol–water partition coefficient (Wildman–Crippen LogP) is 2.73. The van der Waals surface area contributed by atoms with Crippen molar-refractivity contribution < 1.29 is 9.59 Å². The number of carbonyl (C=O) groups excluding carboxylic acids is 2. The van der Waals surface area contributed by atoms with E-state index in [2.05, 4.69) is 27.9 Å². The molecule has 1 aliphatic heterocycles. The van der Waals surface area contributed by atoms with Crippen molar-refractivity contribution in [1.82, 2.24) is 10.2 Å². The van der Waals surface area contributed by atoms with Crippen molar-refractivity contribution in [2.75, 3.05) is 19.6 Å². The molecular formula is C16H21IN2O2. The van der Waals surface area contributed by atoms with Gasteiger partial charge in [-0.15, -0.1) is 0 Å². The van der Waals surface area contributed by atoms with Crippen molar-refractivity contribution in [3.63, 3.8) is 0 Å². The van der Waals surface area contributed by atoms with Crippen LogP contribution in [0.3, 0.4) is 0 Å². The molecule has 0 aliphatic carbocycles. The highest BCUT2D eigenvalue weighted by atomic mass is 127. The molecule has 0 atom stereocenters. The Labute approximate surface area is 139 Å².